The quantitative estimate of drug-likeness (QED) is 0.761. The molecule has 0 aromatic heterocycles. The van der Waals surface area contributed by atoms with Crippen molar-refractivity contribution in [3.05, 3.63) is 36.8 Å². The molecule has 1 nitrogen and oxygen atoms in total. The number of benzene rings is 1. The van der Waals surface area contributed by atoms with Crippen molar-refractivity contribution in [2.45, 2.75) is 19.0 Å². The van der Waals surface area contributed by atoms with Crippen molar-refractivity contribution in [3.8, 4) is 0 Å². The van der Waals surface area contributed by atoms with Crippen LogP contribution in [0.15, 0.2) is 24.3 Å². The maximum absolute atomic E-state index is 12.7. The van der Waals surface area contributed by atoms with Gasteiger partial charge in [0.1, 0.15) is 0 Å². The van der Waals surface area contributed by atoms with Crippen LogP contribution in [-0.4, -0.2) is 13.6 Å². The fourth-order valence-electron chi connectivity index (χ4n) is 1.52. The summed E-state index contributed by atoms with van der Waals surface area (Å²) in [6.07, 6.45) is -2.80. The maximum atomic E-state index is 12.7. The van der Waals surface area contributed by atoms with Crippen LogP contribution in [0, 0.1) is 6.92 Å². The van der Waals surface area contributed by atoms with Crippen molar-refractivity contribution in [2.75, 3.05) is 18.5 Å². The fourth-order valence-corrected chi connectivity index (χ4v) is 1.52. The lowest BCUT2D eigenvalue weighted by Gasteiger charge is -2.23. The van der Waals surface area contributed by atoms with E-state index in [1.165, 1.54) is 12.1 Å². The monoisotopic (exact) mass is 230 g/mol. The minimum absolute atomic E-state index is 0.225. The van der Waals surface area contributed by atoms with Gasteiger partial charge in [-0.2, -0.15) is 13.2 Å². The number of hydrogen-bond acceptors (Lipinski definition) is 1. The molecule has 0 aliphatic carbocycles. The van der Waals surface area contributed by atoms with Gasteiger partial charge in [0.15, 0.2) is 0 Å². The Labute approximate surface area is 93.9 Å². The highest BCUT2D eigenvalue weighted by molar-refractivity contribution is 5.54. The van der Waals surface area contributed by atoms with Crippen molar-refractivity contribution < 1.29 is 13.2 Å². The number of para-hydroxylation sites is 1. The third-order valence-electron chi connectivity index (χ3n) is 2.36. The van der Waals surface area contributed by atoms with E-state index in [-0.39, 0.29) is 5.69 Å². The van der Waals surface area contributed by atoms with E-state index in [2.05, 4.69) is 6.92 Å². The summed E-state index contributed by atoms with van der Waals surface area (Å²) in [4.78, 5) is 1.62. The topological polar surface area (TPSA) is 3.24 Å². The van der Waals surface area contributed by atoms with E-state index in [0.29, 0.717) is 6.54 Å². The molecule has 0 bridgehead atoms. The van der Waals surface area contributed by atoms with Gasteiger partial charge < -0.3 is 4.90 Å². The van der Waals surface area contributed by atoms with E-state index in [4.69, 9.17) is 0 Å². The maximum Gasteiger partial charge on any atom is 0.418 e. The highest BCUT2D eigenvalue weighted by atomic mass is 19.4. The van der Waals surface area contributed by atoms with Crippen LogP contribution in [0.4, 0.5) is 18.9 Å². The molecule has 0 atom stereocenters. The van der Waals surface area contributed by atoms with Gasteiger partial charge in [-0.05, 0) is 18.6 Å². The lowest BCUT2D eigenvalue weighted by molar-refractivity contribution is -0.137. The van der Waals surface area contributed by atoms with E-state index in [9.17, 15) is 13.2 Å². The molecule has 16 heavy (non-hydrogen) atoms. The molecule has 4 heteroatoms. The third-order valence-corrected chi connectivity index (χ3v) is 2.36. The van der Waals surface area contributed by atoms with Crippen LogP contribution < -0.4 is 4.90 Å². The molecule has 0 fully saturated rings. The van der Waals surface area contributed by atoms with Gasteiger partial charge in [0.2, 0.25) is 0 Å². The van der Waals surface area contributed by atoms with E-state index in [0.717, 1.165) is 18.9 Å². The van der Waals surface area contributed by atoms with E-state index in [1.54, 1.807) is 18.0 Å². The highest BCUT2D eigenvalue weighted by Gasteiger charge is 2.33. The minimum Gasteiger partial charge on any atom is -0.374 e. The summed E-state index contributed by atoms with van der Waals surface area (Å²) in [5.41, 5.74) is -0.356. The molecule has 1 rings (SSSR count). The average Bonchev–Trinajstić information content (AvgIpc) is 2.24. The van der Waals surface area contributed by atoms with Crippen LogP contribution in [0.1, 0.15) is 18.4 Å². The van der Waals surface area contributed by atoms with Crippen LogP contribution >= 0.6 is 0 Å². The second-order valence-electron chi connectivity index (χ2n) is 3.64. The molecule has 89 valence electrons. The van der Waals surface area contributed by atoms with Crippen molar-refractivity contribution in [2.24, 2.45) is 0 Å². The number of hydrogen-bond donors (Lipinski definition) is 0. The first-order valence-electron chi connectivity index (χ1n) is 5.13. The van der Waals surface area contributed by atoms with Crippen LogP contribution in [-0.2, 0) is 6.18 Å². The highest BCUT2D eigenvalue weighted by Crippen LogP contribution is 2.35. The lowest BCUT2D eigenvalue weighted by atomic mass is 10.1. The molecule has 0 saturated heterocycles. The van der Waals surface area contributed by atoms with Crippen LogP contribution in [0.25, 0.3) is 0 Å². The summed E-state index contributed by atoms with van der Waals surface area (Å²) in [6.45, 7) is 4.25. The number of rotatable bonds is 4. The Morgan fingerprint density at radius 3 is 2.44 bits per heavy atom. The normalized spacial score (nSPS) is 11.6. The smallest absolute Gasteiger partial charge is 0.374 e. The predicted molar refractivity (Wildman–Crippen MR) is 59.3 cm³/mol. The first-order valence-corrected chi connectivity index (χ1v) is 5.13. The predicted octanol–water partition coefficient (Wildman–Crippen LogP) is 3.76. The second-order valence-corrected chi connectivity index (χ2v) is 3.64. The third kappa shape index (κ3) is 3.15. The fraction of sp³-hybridized carbons (Fsp3) is 0.417. The number of anilines is 1. The molecule has 0 unspecified atom stereocenters. The zero-order valence-electron chi connectivity index (χ0n) is 9.22. The van der Waals surface area contributed by atoms with Gasteiger partial charge in [-0.15, -0.1) is 0 Å². The largest absolute Gasteiger partial charge is 0.418 e. The van der Waals surface area contributed by atoms with E-state index in [1.807, 2.05) is 0 Å². The Morgan fingerprint density at radius 2 is 1.88 bits per heavy atom. The van der Waals surface area contributed by atoms with Gasteiger partial charge in [-0.1, -0.05) is 25.5 Å². The van der Waals surface area contributed by atoms with Crippen LogP contribution in [0.5, 0.6) is 0 Å². The number of unbranched alkanes of at least 4 members (excludes halogenated alkanes) is 1. The van der Waals surface area contributed by atoms with E-state index >= 15 is 0 Å². The molecule has 0 aliphatic heterocycles. The van der Waals surface area contributed by atoms with Gasteiger partial charge in [-0.25, -0.2) is 0 Å². The molecule has 0 aliphatic rings. The molecular weight excluding hydrogens is 215 g/mol. The minimum atomic E-state index is -4.30. The number of halogens is 3. The van der Waals surface area contributed by atoms with Crippen molar-refractivity contribution in [1.82, 2.24) is 0 Å². The van der Waals surface area contributed by atoms with E-state index < -0.39 is 11.7 Å². The van der Waals surface area contributed by atoms with Crippen molar-refractivity contribution in [3.63, 3.8) is 0 Å². The number of alkyl halides is 3. The molecule has 0 saturated carbocycles. The Morgan fingerprint density at radius 1 is 1.25 bits per heavy atom. The standard InChI is InChI=1S/C12H15F3N/c1-3-4-9-16(2)11-8-6-5-7-10(11)12(13,14)15/h5-8H,1,3-4,9H2,2H3. The molecular formula is C12H15F3N. The lowest BCUT2D eigenvalue weighted by Crippen LogP contribution is -2.22. The Bertz CT molecular complexity index is 333. The molecule has 1 radical (unpaired) electrons. The Balaban J connectivity index is 2.94. The summed E-state index contributed by atoms with van der Waals surface area (Å²) >= 11 is 0. The molecule has 0 N–H and O–H groups in total. The van der Waals surface area contributed by atoms with Crippen molar-refractivity contribution in [1.29, 1.82) is 0 Å². The average molecular weight is 230 g/mol. The van der Waals surface area contributed by atoms with Crippen LogP contribution in [0.2, 0.25) is 0 Å². The van der Waals surface area contributed by atoms with Gasteiger partial charge in [0, 0.05) is 19.3 Å². The summed E-state index contributed by atoms with van der Waals surface area (Å²) < 4.78 is 38.1. The van der Waals surface area contributed by atoms with Gasteiger partial charge in [-0.3, -0.25) is 0 Å². The van der Waals surface area contributed by atoms with Crippen molar-refractivity contribution >= 4 is 5.69 Å². The van der Waals surface area contributed by atoms with Crippen LogP contribution in [0.3, 0.4) is 0 Å². The summed E-state index contributed by atoms with van der Waals surface area (Å²) in [6, 6.07) is 5.62. The molecule has 1 aromatic carbocycles. The summed E-state index contributed by atoms with van der Waals surface area (Å²) in [5, 5.41) is 0. The first kappa shape index (κ1) is 12.9. The molecule has 0 amide bonds. The second kappa shape index (κ2) is 5.23. The molecule has 0 spiro atoms. The van der Waals surface area contributed by atoms with Gasteiger partial charge in [0.05, 0.1) is 5.56 Å². The molecule has 1 aromatic rings. The van der Waals surface area contributed by atoms with Gasteiger partial charge >= 0.3 is 6.18 Å². The molecule has 0 heterocycles. The Kier molecular flexibility index (Phi) is 4.21. The summed E-state index contributed by atoms with van der Waals surface area (Å²) in [5.74, 6) is 0. The zero-order chi connectivity index (χ0) is 12.2. The Hall–Kier alpha value is -1.19. The van der Waals surface area contributed by atoms with Gasteiger partial charge in [0.25, 0.3) is 0 Å². The first-order chi connectivity index (χ1) is 7.46. The summed E-state index contributed by atoms with van der Waals surface area (Å²) in [7, 11) is 1.67. The number of nitrogens with zero attached hydrogens (tertiary/aromatic N) is 1. The SMILES string of the molecule is [CH2]CCCN(C)c1ccccc1C(F)(F)F. The zero-order valence-corrected chi connectivity index (χ0v) is 9.22.